The van der Waals surface area contributed by atoms with Gasteiger partial charge in [-0.2, -0.15) is 0 Å². The topological polar surface area (TPSA) is 74.1 Å². The van der Waals surface area contributed by atoms with Crippen LogP contribution in [0, 0.1) is 0 Å². The molecule has 0 bridgehead atoms. The average Bonchev–Trinajstić information content (AvgIpc) is 3.08. The number of carbonyl (C=O) groups excluding carboxylic acids is 3. The Balaban J connectivity index is 1.80. The third-order valence-electron chi connectivity index (χ3n) is 4.25. The maximum absolute atomic E-state index is 12.3. The summed E-state index contributed by atoms with van der Waals surface area (Å²) < 4.78 is 5.12. The van der Waals surface area contributed by atoms with Crippen LogP contribution in [-0.2, 0) is 9.59 Å². The summed E-state index contributed by atoms with van der Waals surface area (Å²) in [6, 6.07) is 3.41. The number of nitrogens with zero attached hydrogens (tertiary/aromatic N) is 3. The van der Waals surface area contributed by atoms with E-state index in [-0.39, 0.29) is 23.8 Å². The van der Waals surface area contributed by atoms with E-state index in [2.05, 4.69) is 0 Å². The van der Waals surface area contributed by atoms with Gasteiger partial charge in [0.1, 0.15) is 0 Å². The number of hydrogen-bond acceptors (Lipinski definition) is 4. The molecule has 0 saturated carbocycles. The highest BCUT2D eigenvalue weighted by molar-refractivity contribution is 5.91. The quantitative estimate of drug-likeness (QED) is 0.811. The van der Waals surface area contributed by atoms with Crippen molar-refractivity contribution in [1.29, 1.82) is 0 Å². The van der Waals surface area contributed by atoms with E-state index in [0.29, 0.717) is 44.9 Å². The maximum atomic E-state index is 12.3. The second kappa shape index (κ2) is 7.99. The lowest BCUT2D eigenvalue weighted by Gasteiger charge is -2.35. The van der Waals surface area contributed by atoms with Crippen LogP contribution >= 0.6 is 0 Å². The molecule has 0 N–H and O–H groups in total. The molecule has 0 aliphatic carbocycles. The summed E-state index contributed by atoms with van der Waals surface area (Å²) in [5, 5.41) is 0. The predicted octanol–water partition coefficient (Wildman–Crippen LogP) is 1.21. The summed E-state index contributed by atoms with van der Waals surface area (Å²) in [6.07, 6.45) is 1.78. The third kappa shape index (κ3) is 4.37. The van der Waals surface area contributed by atoms with Crippen molar-refractivity contribution < 1.29 is 18.8 Å². The number of amides is 3. The first kappa shape index (κ1) is 18.0. The molecule has 3 amide bonds. The number of carbonyl (C=O) groups is 3. The molecule has 132 valence electrons. The summed E-state index contributed by atoms with van der Waals surface area (Å²) in [7, 11) is 0. The van der Waals surface area contributed by atoms with Gasteiger partial charge < -0.3 is 19.1 Å². The molecule has 0 atom stereocenters. The first-order chi connectivity index (χ1) is 11.4. The average molecular weight is 335 g/mol. The fourth-order valence-corrected chi connectivity index (χ4v) is 2.87. The van der Waals surface area contributed by atoms with Crippen molar-refractivity contribution in [2.45, 2.75) is 33.2 Å². The van der Waals surface area contributed by atoms with Gasteiger partial charge in [0.15, 0.2) is 5.76 Å². The zero-order chi connectivity index (χ0) is 17.7. The molecule has 0 radical (unpaired) electrons. The molecule has 0 spiro atoms. The fraction of sp³-hybridized carbons (Fsp3) is 0.588. The molecule has 0 unspecified atom stereocenters. The molecule has 24 heavy (non-hydrogen) atoms. The zero-order valence-electron chi connectivity index (χ0n) is 14.5. The van der Waals surface area contributed by atoms with E-state index in [0.717, 1.165) is 0 Å². The van der Waals surface area contributed by atoms with E-state index in [9.17, 15) is 14.4 Å². The third-order valence-corrected chi connectivity index (χ3v) is 4.25. The van der Waals surface area contributed by atoms with Gasteiger partial charge in [-0.05, 0) is 26.0 Å². The highest BCUT2D eigenvalue weighted by atomic mass is 16.3. The Bertz CT molecular complexity index is 575. The van der Waals surface area contributed by atoms with Crippen molar-refractivity contribution in [3.8, 4) is 0 Å². The van der Waals surface area contributed by atoms with E-state index in [4.69, 9.17) is 4.42 Å². The van der Waals surface area contributed by atoms with Crippen LogP contribution in [0.3, 0.4) is 0 Å². The maximum Gasteiger partial charge on any atom is 0.289 e. The van der Waals surface area contributed by atoms with Crippen LogP contribution in [0.2, 0.25) is 0 Å². The molecule has 1 aliphatic rings. The molecular formula is C17H25N3O4. The Labute approximate surface area is 142 Å². The van der Waals surface area contributed by atoms with E-state index >= 15 is 0 Å². The second-order valence-electron chi connectivity index (χ2n) is 6.21. The minimum atomic E-state index is -0.144. The summed E-state index contributed by atoms with van der Waals surface area (Å²) in [6.45, 7) is 7.81. The molecule has 1 aliphatic heterocycles. The summed E-state index contributed by atoms with van der Waals surface area (Å²) in [4.78, 5) is 41.2. The van der Waals surface area contributed by atoms with Crippen molar-refractivity contribution in [3.63, 3.8) is 0 Å². The number of hydrogen-bond donors (Lipinski definition) is 0. The van der Waals surface area contributed by atoms with Gasteiger partial charge in [0.05, 0.1) is 6.26 Å². The van der Waals surface area contributed by atoms with E-state index in [1.165, 1.54) is 13.2 Å². The molecule has 7 nitrogen and oxygen atoms in total. The molecule has 0 aromatic carbocycles. The number of rotatable bonds is 5. The lowest BCUT2D eigenvalue weighted by Crippen LogP contribution is -2.51. The van der Waals surface area contributed by atoms with Crippen LogP contribution in [0.5, 0.6) is 0 Å². The van der Waals surface area contributed by atoms with Crippen molar-refractivity contribution in [3.05, 3.63) is 24.2 Å². The van der Waals surface area contributed by atoms with Gasteiger partial charge in [-0.3, -0.25) is 14.4 Å². The molecule has 1 fully saturated rings. The van der Waals surface area contributed by atoms with E-state index < -0.39 is 0 Å². The van der Waals surface area contributed by atoms with Crippen LogP contribution in [0.1, 0.15) is 37.7 Å². The van der Waals surface area contributed by atoms with Crippen LogP contribution < -0.4 is 0 Å². The van der Waals surface area contributed by atoms with Gasteiger partial charge in [0, 0.05) is 52.1 Å². The lowest BCUT2D eigenvalue weighted by atomic mass is 10.2. The Morgan fingerprint density at radius 2 is 1.79 bits per heavy atom. The smallest absolute Gasteiger partial charge is 0.289 e. The molecule has 2 heterocycles. The SMILES string of the molecule is CC(=O)N(CCC(=O)N1CCN(C(=O)c2ccco2)CC1)C(C)C. The Morgan fingerprint density at radius 3 is 2.29 bits per heavy atom. The van der Waals surface area contributed by atoms with Crippen LogP contribution in [0.25, 0.3) is 0 Å². The van der Waals surface area contributed by atoms with Gasteiger partial charge in [-0.1, -0.05) is 0 Å². The minimum absolute atomic E-state index is 0.0204. The first-order valence-electron chi connectivity index (χ1n) is 8.28. The molecule has 2 rings (SSSR count). The van der Waals surface area contributed by atoms with Gasteiger partial charge in [0.25, 0.3) is 5.91 Å². The summed E-state index contributed by atoms with van der Waals surface area (Å²) in [5.41, 5.74) is 0. The summed E-state index contributed by atoms with van der Waals surface area (Å²) >= 11 is 0. The standard InChI is InChI=1S/C17H25N3O4/c1-13(2)20(14(3)21)7-6-16(22)18-8-10-19(11-9-18)17(23)15-5-4-12-24-15/h4-5,12-13H,6-11H2,1-3H3. The molecule has 1 aromatic rings. The molecule has 1 saturated heterocycles. The van der Waals surface area contributed by atoms with Gasteiger partial charge >= 0.3 is 0 Å². The highest BCUT2D eigenvalue weighted by Gasteiger charge is 2.26. The van der Waals surface area contributed by atoms with Crippen LogP contribution in [-0.4, -0.2) is 71.2 Å². The predicted molar refractivity (Wildman–Crippen MR) is 88.3 cm³/mol. The number of furan rings is 1. The first-order valence-corrected chi connectivity index (χ1v) is 8.28. The normalized spacial score (nSPS) is 14.8. The summed E-state index contributed by atoms with van der Waals surface area (Å²) in [5.74, 6) is 0.178. The Hall–Kier alpha value is -2.31. The monoisotopic (exact) mass is 335 g/mol. The number of piperazine rings is 1. The lowest BCUT2D eigenvalue weighted by molar-refractivity contribution is -0.135. The van der Waals surface area contributed by atoms with Crippen molar-refractivity contribution in [2.24, 2.45) is 0 Å². The van der Waals surface area contributed by atoms with Crippen molar-refractivity contribution in [1.82, 2.24) is 14.7 Å². The van der Waals surface area contributed by atoms with E-state index in [1.807, 2.05) is 13.8 Å². The van der Waals surface area contributed by atoms with Crippen LogP contribution in [0.4, 0.5) is 0 Å². The zero-order valence-corrected chi connectivity index (χ0v) is 14.5. The van der Waals surface area contributed by atoms with Gasteiger partial charge in [0.2, 0.25) is 11.8 Å². The molecule has 1 aromatic heterocycles. The second-order valence-corrected chi connectivity index (χ2v) is 6.21. The molecular weight excluding hydrogens is 310 g/mol. The van der Waals surface area contributed by atoms with Crippen LogP contribution in [0.15, 0.2) is 22.8 Å². The van der Waals surface area contributed by atoms with E-state index in [1.54, 1.807) is 26.8 Å². The van der Waals surface area contributed by atoms with Crippen molar-refractivity contribution in [2.75, 3.05) is 32.7 Å². The van der Waals surface area contributed by atoms with Crippen molar-refractivity contribution >= 4 is 17.7 Å². The Morgan fingerprint density at radius 1 is 1.17 bits per heavy atom. The largest absolute Gasteiger partial charge is 0.459 e. The molecule has 7 heteroatoms. The Kier molecular flexibility index (Phi) is 6.00. The minimum Gasteiger partial charge on any atom is -0.459 e. The van der Waals surface area contributed by atoms with Gasteiger partial charge in [-0.15, -0.1) is 0 Å². The highest BCUT2D eigenvalue weighted by Crippen LogP contribution is 2.11. The van der Waals surface area contributed by atoms with Gasteiger partial charge in [-0.25, -0.2) is 0 Å². The fourth-order valence-electron chi connectivity index (χ4n) is 2.87.